The maximum atomic E-state index is 10.3. The van der Waals surface area contributed by atoms with Crippen LogP contribution in [0.25, 0.3) is 6.08 Å². The average Bonchev–Trinajstić information content (AvgIpc) is 2.13. The summed E-state index contributed by atoms with van der Waals surface area (Å²) in [6, 6.07) is 3.36. The Bertz CT molecular complexity index is 415. The molecule has 0 unspecified atom stereocenters. The van der Waals surface area contributed by atoms with Gasteiger partial charge in [-0.2, -0.15) is 0 Å². The summed E-state index contributed by atoms with van der Waals surface area (Å²) in [5.41, 5.74) is 0.570. The molecule has 1 aromatic carbocycles. The molecule has 0 radical (unpaired) electrons. The Morgan fingerprint density at radius 3 is 2.80 bits per heavy atom. The second-order valence-electron chi connectivity index (χ2n) is 2.66. The highest BCUT2D eigenvalue weighted by molar-refractivity contribution is 9.10. The van der Waals surface area contributed by atoms with Crippen LogP contribution in [0.15, 0.2) is 22.7 Å². The fraction of sp³-hybridized carbons (Fsp3) is 0.100. The highest BCUT2D eigenvalue weighted by Crippen LogP contribution is 2.32. The highest BCUT2D eigenvalue weighted by atomic mass is 79.9. The Labute approximate surface area is 100 Å². The molecule has 1 aromatic rings. The van der Waals surface area contributed by atoms with Gasteiger partial charge in [0.1, 0.15) is 5.75 Å². The van der Waals surface area contributed by atoms with E-state index in [4.69, 9.17) is 16.3 Å². The van der Waals surface area contributed by atoms with Gasteiger partial charge in [0, 0.05) is 10.0 Å². The number of halogens is 2. The topological polar surface area (TPSA) is 49.4 Å². The fourth-order valence-electron chi connectivity index (χ4n) is 1.08. The third kappa shape index (κ3) is 3.25. The van der Waals surface area contributed by atoms with Crippen LogP contribution in [0.4, 0.5) is 0 Å². The summed E-state index contributed by atoms with van der Waals surface area (Å²) < 4.78 is 5.79. The number of carbonyl (C=O) groups is 1. The first kappa shape index (κ1) is 12.1. The van der Waals surface area contributed by atoms with Gasteiger partial charge >= 0.3 is 0 Å². The van der Waals surface area contributed by atoms with Gasteiger partial charge in [-0.25, -0.2) is 0 Å². The lowest BCUT2D eigenvalue weighted by molar-refractivity contribution is -0.297. The number of hydrogen-bond acceptors (Lipinski definition) is 3. The number of hydrogen-bond donors (Lipinski definition) is 0. The monoisotopic (exact) mass is 289 g/mol. The van der Waals surface area contributed by atoms with Crippen LogP contribution in [0.5, 0.6) is 5.75 Å². The number of carbonyl (C=O) groups excluding carboxylic acids is 1. The minimum Gasteiger partial charge on any atom is -0.545 e. The smallest absolute Gasteiger partial charge is 0.144 e. The zero-order valence-electron chi connectivity index (χ0n) is 7.79. The second kappa shape index (κ2) is 5.19. The van der Waals surface area contributed by atoms with Gasteiger partial charge in [0.05, 0.1) is 18.1 Å². The minimum atomic E-state index is -1.27. The molecule has 1 rings (SSSR count). The fourth-order valence-corrected chi connectivity index (χ4v) is 1.99. The SMILES string of the molecule is COc1c(Cl)cc(Br)cc1/C=C/C(=O)[O-]. The molecule has 0 aliphatic heterocycles. The van der Waals surface area contributed by atoms with Gasteiger partial charge in [0.2, 0.25) is 0 Å². The van der Waals surface area contributed by atoms with E-state index in [0.29, 0.717) is 16.3 Å². The van der Waals surface area contributed by atoms with Crippen molar-refractivity contribution >= 4 is 39.6 Å². The van der Waals surface area contributed by atoms with Gasteiger partial charge in [0.15, 0.2) is 0 Å². The average molecular weight is 291 g/mol. The molecule has 0 heterocycles. The zero-order chi connectivity index (χ0) is 11.4. The second-order valence-corrected chi connectivity index (χ2v) is 3.99. The first-order chi connectivity index (χ1) is 7.04. The summed E-state index contributed by atoms with van der Waals surface area (Å²) in [6.07, 6.45) is 2.28. The van der Waals surface area contributed by atoms with Crippen LogP contribution in [0.2, 0.25) is 5.02 Å². The summed E-state index contributed by atoms with van der Waals surface area (Å²) in [5, 5.41) is 10.7. The van der Waals surface area contributed by atoms with E-state index in [2.05, 4.69) is 15.9 Å². The van der Waals surface area contributed by atoms with Crippen molar-refractivity contribution in [2.45, 2.75) is 0 Å². The number of carboxylic acids is 1. The van der Waals surface area contributed by atoms with E-state index >= 15 is 0 Å². The van der Waals surface area contributed by atoms with Gasteiger partial charge in [-0.3, -0.25) is 0 Å². The van der Waals surface area contributed by atoms with E-state index in [-0.39, 0.29) is 0 Å². The Morgan fingerprint density at radius 2 is 2.27 bits per heavy atom. The number of rotatable bonds is 3. The Kier molecular flexibility index (Phi) is 4.17. The van der Waals surface area contributed by atoms with Crippen molar-refractivity contribution in [3.05, 3.63) is 33.3 Å². The molecule has 80 valence electrons. The van der Waals surface area contributed by atoms with Crippen molar-refractivity contribution < 1.29 is 14.6 Å². The van der Waals surface area contributed by atoms with Crippen LogP contribution in [0, 0.1) is 0 Å². The number of ether oxygens (including phenoxy) is 1. The quantitative estimate of drug-likeness (QED) is 0.799. The predicted molar refractivity (Wildman–Crippen MR) is 59.7 cm³/mol. The number of aliphatic carboxylic acids is 1. The molecular formula is C10H7BrClO3-. The first-order valence-corrected chi connectivity index (χ1v) is 5.13. The molecule has 0 amide bonds. The van der Waals surface area contributed by atoms with Crippen molar-refractivity contribution in [2.75, 3.05) is 7.11 Å². The standard InChI is InChI=1S/C10H8BrClO3/c1-15-10-6(2-3-9(13)14)4-7(11)5-8(10)12/h2-5H,1H3,(H,13,14)/p-1/b3-2+. The largest absolute Gasteiger partial charge is 0.545 e. The zero-order valence-corrected chi connectivity index (χ0v) is 10.1. The molecule has 3 nitrogen and oxygen atoms in total. The molecular weight excluding hydrogens is 283 g/mol. The van der Waals surface area contributed by atoms with Gasteiger partial charge < -0.3 is 14.6 Å². The van der Waals surface area contributed by atoms with Gasteiger partial charge in [-0.15, -0.1) is 0 Å². The van der Waals surface area contributed by atoms with Crippen LogP contribution in [-0.2, 0) is 4.79 Å². The van der Waals surface area contributed by atoms with Crippen LogP contribution < -0.4 is 9.84 Å². The molecule has 0 fully saturated rings. The lowest BCUT2D eigenvalue weighted by Gasteiger charge is -2.07. The molecule has 0 aliphatic rings. The highest BCUT2D eigenvalue weighted by Gasteiger charge is 2.06. The molecule has 5 heteroatoms. The Hall–Kier alpha value is -1.00. The number of methoxy groups -OCH3 is 1. The third-order valence-corrected chi connectivity index (χ3v) is 2.38. The maximum Gasteiger partial charge on any atom is 0.144 e. The van der Waals surface area contributed by atoms with Crippen LogP contribution in [0.1, 0.15) is 5.56 Å². The van der Waals surface area contributed by atoms with E-state index in [1.54, 1.807) is 12.1 Å². The maximum absolute atomic E-state index is 10.3. The molecule has 0 N–H and O–H groups in total. The molecule has 0 saturated heterocycles. The van der Waals surface area contributed by atoms with Gasteiger partial charge in [-0.1, -0.05) is 27.5 Å². The number of carboxylic acid groups (broad SMARTS) is 1. The predicted octanol–water partition coefficient (Wildman–Crippen LogP) is 1.87. The van der Waals surface area contributed by atoms with E-state index < -0.39 is 5.97 Å². The molecule has 0 aliphatic carbocycles. The normalized spacial score (nSPS) is 10.6. The minimum absolute atomic E-state index is 0.407. The third-order valence-electron chi connectivity index (χ3n) is 1.64. The number of benzene rings is 1. The summed E-state index contributed by atoms with van der Waals surface area (Å²) in [7, 11) is 1.46. The molecule has 0 bridgehead atoms. The first-order valence-electron chi connectivity index (χ1n) is 3.96. The molecule has 0 atom stereocenters. The van der Waals surface area contributed by atoms with Gasteiger partial charge in [-0.05, 0) is 24.3 Å². The van der Waals surface area contributed by atoms with Crippen molar-refractivity contribution in [3.8, 4) is 5.75 Å². The van der Waals surface area contributed by atoms with E-state index in [1.807, 2.05) is 0 Å². The molecule has 0 spiro atoms. The molecule has 0 aromatic heterocycles. The molecule has 0 saturated carbocycles. The Morgan fingerprint density at radius 1 is 1.60 bits per heavy atom. The van der Waals surface area contributed by atoms with Crippen molar-refractivity contribution in [2.24, 2.45) is 0 Å². The lowest BCUT2D eigenvalue weighted by Crippen LogP contribution is -2.18. The summed E-state index contributed by atoms with van der Waals surface area (Å²) in [5.74, 6) is -0.842. The van der Waals surface area contributed by atoms with Crippen molar-refractivity contribution in [1.29, 1.82) is 0 Å². The van der Waals surface area contributed by atoms with Crippen LogP contribution >= 0.6 is 27.5 Å². The lowest BCUT2D eigenvalue weighted by atomic mass is 10.2. The van der Waals surface area contributed by atoms with E-state index in [0.717, 1.165) is 10.5 Å². The van der Waals surface area contributed by atoms with Crippen molar-refractivity contribution in [3.63, 3.8) is 0 Å². The van der Waals surface area contributed by atoms with Crippen molar-refractivity contribution in [1.82, 2.24) is 0 Å². The summed E-state index contributed by atoms with van der Waals surface area (Å²) in [6.45, 7) is 0. The Balaban J connectivity index is 3.20. The van der Waals surface area contributed by atoms with Gasteiger partial charge in [0.25, 0.3) is 0 Å². The van der Waals surface area contributed by atoms with Crippen LogP contribution in [-0.4, -0.2) is 13.1 Å². The summed E-state index contributed by atoms with van der Waals surface area (Å²) >= 11 is 9.14. The van der Waals surface area contributed by atoms with E-state index in [9.17, 15) is 9.90 Å². The van der Waals surface area contributed by atoms with Crippen LogP contribution in [0.3, 0.4) is 0 Å². The summed E-state index contributed by atoms with van der Waals surface area (Å²) in [4.78, 5) is 10.3. The van der Waals surface area contributed by atoms with E-state index in [1.165, 1.54) is 13.2 Å². The molecule has 15 heavy (non-hydrogen) atoms.